The van der Waals surface area contributed by atoms with E-state index >= 15 is 0 Å². The number of hydrazone groups is 1. The van der Waals surface area contributed by atoms with Crippen molar-refractivity contribution in [1.29, 1.82) is 0 Å². The summed E-state index contributed by atoms with van der Waals surface area (Å²) in [6.07, 6.45) is 1.46. The first-order chi connectivity index (χ1) is 16.3. The van der Waals surface area contributed by atoms with Crippen molar-refractivity contribution in [2.45, 2.75) is 25.3 Å². The lowest BCUT2D eigenvalue weighted by Gasteiger charge is -2.22. The van der Waals surface area contributed by atoms with Crippen LogP contribution in [0.5, 0.6) is 11.5 Å². The van der Waals surface area contributed by atoms with Gasteiger partial charge in [0, 0.05) is 6.54 Å². The van der Waals surface area contributed by atoms with Crippen molar-refractivity contribution in [2.24, 2.45) is 5.10 Å². The van der Waals surface area contributed by atoms with Crippen molar-refractivity contribution in [2.75, 3.05) is 13.3 Å². The highest BCUT2D eigenvalue weighted by Gasteiger charge is 2.27. The van der Waals surface area contributed by atoms with Crippen molar-refractivity contribution < 1.29 is 22.7 Å². The largest absolute Gasteiger partial charge is 0.454 e. The van der Waals surface area contributed by atoms with Gasteiger partial charge in [-0.25, -0.2) is 13.8 Å². The van der Waals surface area contributed by atoms with Gasteiger partial charge < -0.3 is 9.47 Å². The van der Waals surface area contributed by atoms with Crippen LogP contribution < -0.4 is 14.9 Å². The Balaban J connectivity index is 1.50. The molecule has 1 heterocycles. The molecule has 8 nitrogen and oxygen atoms in total. The number of amides is 1. The van der Waals surface area contributed by atoms with E-state index in [1.807, 2.05) is 38.1 Å². The molecule has 0 saturated carbocycles. The molecule has 0 saturated heterocycles. The van der Waals surface area contributed by atoms with Crippen LogP contribution >= 0.6 is 0 Å². The summed E-state index contributed by atoms with van der Waals surface area (Å²) >= 11 is 0. The van der Waals surface area contributed by atoms with Crippen LogP contribution in [0.2, 0.25) is 0 Å². The molecule has 0 spiro atoms. The Morgan fingerprint density at radius 2 is 1.76 bits per heavy atom. The third kappa shape index (κ3) is 5.62. The molecule has 0 fully saturated rings. The van der Waals surface area contributed by atoms with E-state index in [9.17, 15) is 13.2 Å². The van der Waals surface area contributed by atoms with Crippen LogP contribution in [-0.4, -0.2) is 38.2 Å². The maximum absolute atomic E-state index is 13.4. The van der Waals surface area contributed by atoms with Crippen LogP contribution in [0.4, 0.5) is 0 Å². The quantitative estimate of drug-likeness (QED) is 0.395. The molecule has 1 aliphatic heterocycles. The van der Waals surface area contributed by atoms with E-state index in [0.717, 1.165) is 21.0 Å². The number of carbonyl (C=O) groups is 1. The molecule has 4 rings (SSSR count). The Morgan fingerprint density at radius 1 is 1.00 bits per heavy atom. The number of nitrogens with zero attached hydrogens (tertiary/aromatic N) is 2. The molecule has 0 aromatic heterocycles. The molecule has 0 aliphatic carbocycles. The van der Waals surface area contributed by atoms with E-state index in [4.69, 9.17) is 9.47 Å². The third-order valence-electron chi connectivity index (χ3n) is 5.22. The summed E-state index contributed by atoms with van der Waals surface area (Å²) in [6.45, 7) is 3.64. The van der Waals surface area contributed by atoms with E-state index in [2.05, 4.69) is 10.5 Å². The Bertz CT molecular complexity index is 1320. The van der Waals surface area contributed by atoms with E-state index in [0.29, 0.717) is 17.1 Å². The summed E-state index contributed by atoms with van der Waals surface area (Å²) in [5.41, 5.74) is 5.85. The number of nitrogens with one attached hydrogen (secondary N) is 1. The van der Waals surface area contributed by atoms with Gasteiger partial charge in [-0.3, -0.25) is 4.79 Å². The minimum Gasteiger partial charge on any atom is -0.454 e. The number of aryl methyl sites for hydroxylation is 2. The molecule has 0 radical (unpaired) electrons. The maximum atomic E-state index is 13.4. The Labute approximate surface area is 198 Å². The summed E-state index contributed by atoms with van der Waals surface area (Å²) in [4.78, 5) is 12.8. The van der Waals surface area contributed by atoms with Gasteiger partial charge in [0.05, 0.1) is 17.7 Å². The minimum atomic E-state index is -3.92. The fraction of sp³-hybridized carbons (Fsp3) is 0.200. The number of benzene rings is 3. The van der Waals surface area contributed by atoms with Crippen LogP contribution in [0.15, 0.2) is 76.7 Å². The smallest absolute Gasteiger partial charge is 0.255 e. The average Bonchev–Trinajstić information content (AvgIpc) is 3.27. The summed E-state index contributed by atoms with van der Waals surface area (Å²) < 4.78 is 38.5. The van der Waals surface area contributed by atoms with Crippen molar-refractivity contribution in [3.8, 4) is 11.5 Å². The number of rotatable bonds is 8. The first kappa shape index (κ1) is 23.5. The number of carbonyl (C=O) groups excluding carboxylic acids is 1. The number of sulfonamides is 1. The lowest BCUT2D eigenvalue weighted by molar-refractivity contribution is -0.121. The SMILES string of the molecule is Cc1ccc(S(=O)(=O)N(CC(=O)N/N=C\c2ccc3c(c2)OCO3)Cc2cccc(C)c2)cc1. The Morgan fingerprint density at radius 3 is 2.53 bits per heavy atom. The molecule has 3 aromatic rings. The summed E-state index contributed by atoms with van der Waals surface area (Å²) in [7, 11) is -3.92. The van der Waals surface area contributed by atoms with Crippen molar-refractivity contribution >= 4 is 22.1 Å². The second-order valence-electron chi connectivity index (χ2n) is 7.98. The van der Waals surface area contributed by atoms with Gasteiger partial charge in [-0.1, -0.05) is 47.5 Å². The van der Waals surface area contributed by atoms with Gasteiger partial charge in [0.2, 0.25) is 16.8 Å². The number of hydrogen-bond donors (Lipinski definition) is 1. The van der Waals surface area contributed by atoms with Crippen molar-refractivity contribution in [1.82, 2.24) is 9.73 Å². The molecule has 0 unspecified atom stereocenters. The van der Waals surface area contributed by atoms with Gasteiger partial charge in [0.1, 0.15) is 0 Å². The second-order valence-corrected chi connectivity index (χ2v) is 9.92. The van der Waals surface area contributed by atoms with Crippen LogP contribution in [0.1, 0.15) is 22.3 Å². The van der Waals surface area contributed by atoms with Gasteiger partial charge in [0.15, 0.2) is 11.5 Å². The van der Waals surface area contributed by atoms with E-state index in [1.165, 1.54) is 6.21 Å². The van der Waals surface area contributed by atoms with Gasteiger partial charge in [-0.05, 0) is 55.3 Å². The van der Waals surface area contributed by atoms with Gasteiger partial charge >= 0.3 is 0 Å². The molecule has 0 atom stereocenters. The highest BCUT2D eigenvalue weighted by molar-refractivity contribution is 7.89. The second kappa shape index (κ2) is 10.1. The van der Waals surface area contributed by atoms with Gasteiger partial charge in [-0.2, -0.15) is 9.41 Å². The highest BCUT2D eigenvalue weighted by Crippen LogP contribution is 2.32. The summed E-state index contributed by atoms with van der Waals surface area (Å²) in [5.74, 6) is 0.693. The lowest BCUT2D eigenvalue weighted by atomic mass is 10.1. The average molecular weight is 480 g/mol. The molecule has 34 heavy (non-hydrogen) atoms. The molecule has 9 heteroatoms. The monoisotopic (exact) mass is 479 g/mol. The zero-order valence-electron chi connectivity index (χ0n) is 18.9. The number of hydrogen-bond acceptors (Lipinski definition) is 6. The maximum Gasteiger partial charge on any atom is 0.255 e. The molecule has 176 valence electrons. The Hall–Kier alpha value is -3.69. The Kier molecular flexibility index (Phi) is 6.95. The van der Waals surface area contributed by atoms with Crippen LogP contribution in [0, 0.1) is 13.8 Å². The molecule has 1 N–H and O–H groups in total. The van der Waals surface area contributed by atoms with Gasteiger partial charge in [-0.15, -0.1) is 0 Å². The van der Waals surface area contributed by atoms with Gasteiger partial charge in [0.25, 0.3) is 5.91 Å². The first-order valence-electron chi connectivity index (χ1n) is 10.7. The zero-order valence-corrected chi connectivity index (χ0v) is 19.7. The van der Waals surface area contributed by atoms with Crippen LogP contribution in [0.3, 0.4) is 0 Å². The van der Waals surface area contributed by atoms with Crippen molar-refractivity contribution in [3.05, 3.63) is 89.0 Å². The van der Waals surface area contributed by atoms with E-state index in [-0.39, 0.29) is 24.8 Å². The lowest BCUT2D eigenvalue weighted by Crippen LogP contribution is -2.39. The molecule has 1 aliphatic rings. The first-order valence-corrected chi connectivity index (χ1v) is 12.1. The molecule has 3 aromatic carbocycles. The molecule has 0 bridgehead atoms. The molecular formula is C25H25N3O5S. The number of fused-ring (bicyclic) bond motifs is 1. The summed E-state index contributed by atoms with van der Waals surface area (Å²) in [6, 6.07) is 19.3. The fourth-order valence-electron chi connectivity index (χ4n) is 3.47. The van der Waals surface area contributed by atoms with Crippen LogP contribution in [-0.2, 0) is 21.4 Å². The fourth-order valence-corrected chi connectivity index (χ4v) is 4.85. The van der Waals surface area contributed by atoms with Crippen molar-refractivity contribution in [3.63, 3.8) is 0 Å². The predicted molar refractivity (Wildman–Crippen MR) is 128 cm³/mol. The highest BCUT2D eigenvalue weighted by atomic mass is 32.2. The molecular weight excluding hydrogens is 454 g/mol. The molecule has 1 amide bonds. The normalized spacial score (nSPS) is 12.9. The summed E-state index contributed by atoms with van der Waals surface area (Å²) in [5, 5.41) is 3.97. The van der Waals surface area contributed by atoms with Crippen LogP contribution in [0.25, 0.3) is 0 Å². The third-order valence-corrected chi connectivity index (χ3v) is 7.03. The standard InChI is InChI=1S/C25H25N3O5S/c1-18-6-9-22(10-7-18)34(30,31)28(15-21-5-3-4-19(2)12-21)16-25(29)27-26-14-20-8-11-23-24(13-20)33-17-32-23/h3-14H,15-17H2,1-2H3,(H,27,29)/b26-14-. The zero-order chi connectivity index (χ0) is 24.1. The topological polar surface area (TPSA) is 97.3 Å². The minimum absolute atomic E-state index is 0.0528. The van der Waals surface area contributed by atoms with E-state index in [1.54, 1.807) is 42.5 Å². The van der Waals surface area contributed by atoms with E-state index < -0.39 is 15.9 Å². The predicted octanol–water partition coefficient (Wildman–Crippen LogP) is 3.37. The number of ether oxygens (including phenoxy) is 2.